The van der Waals surface area contributed by atoms with E-state index in [1.54, 1.807) is 31.2 Å². The largest absolute Gasteiger partial charge is 0.432 e. The van der Waals surface area contributed by atoms with Crippen molar-refractivity contribution in [2.75, 3.05) is 0 Å². The van der Waals surface area contributed by atoms with Crippen molar-refractivity contribution in [2.24, 2.45) is 5.92 Å². The summed E-state index contributed by atoms with van der Waals surface area (Å²) in [5.41, 5.74) is 0.473. The lowest BCUT2D eigenvalue weighted by molar-refractivity contribution is -0.136. The number of hydroxylamine groups is 1. The van der Waals surface area contributed by atoms with Crippen molar-refractivity contribution < 1.29 is 27.9 Å². The van der Waals surface area contributed by atoms with Gasteiger partial charge in [-0.2, -0.15) is 8.78 Å². The minimum atomic E-state index is -2.95. The average Bonchev–Trinajstić information content (AvgIpc) is 3.27. The first-order valence-corrected chi connectivity index (χ1v) is 7.92. The van der Waals surface area contributed by atoms with Crippen LogP contribution in [0.1, 0.15) is 24.8 Å². The fourth-order valence-electron chi connectivity index (χ4n) is 3.30. The summed E-state index contributed by atoms with van der Waals surface area (Å²) in [6.07, 6.45) is 2.72. The molecule has 1 amide bonds. The molecule has 2 N–H and O–H groups in total. The van der Waals surface area contributed by atoms with Crippen molar-refractivity contribution in [3.8, 4) is 17.1 Å². The Hall–Kier alpha value is -2.68. The summed E-state index contributed by atoms with van der Waals surface area (Å²) in [5, 5.41) is 8.74. The van der Waals surface area contributed by atoms with Gasteiger partial charge in [-0.25, -0.2) is 19.8 Å². The van der Waals surface area contributed by atoms with Crippen LogP contribution in [0.15, 0.2) is 36.7 Å². The molecule has 1 aromatic heterocycles. The van der Waals surface area contributed by atoms with Gasteiger partial charge < -0.3 is 4.74 Å². The maximum atomic E-state index is 14.8. The van der Waals surface area contributed by atoms with Crippen LogP contribution >= 0.6 is 0 Å². The Kier molecular flexibility index (Phi) is 4.82. The molecule has 3 rings (SSSR count). The molecule has 1 heterocycles. The molecule has 26 heavy (non-hydrogen) atoms. The van der Waals surface area contributed by atoms with Gasteiger partial charge in [-0.15, -0.1) is 0 Å². The Morgan fingerprint density at radius 2 is 1.92 bits per heavy atom. The molecule has 1 aliphatic rings. The number of benzene rings is 1. The van der Waals surface area contributed by atoms with Gasteiger partial charge in [-0.3, -0.25) is 10.0 Å². The second-order valence-electron chi connectivity index (χ2n) is 5.94. The summed E-state index contributed by atoms with van der Waals surface area (Å²) in [6.45, 7) is -1.18. The Labute approximate surface area is 147 Å². The number of nitrogens with one attached hydrogen (secondary N) is 1. The molecule has 6 nitrogen and oxygen atoms in total. The lowest BCUT2D eigenvalue weighted by Crippen LogP contribution is -2.33. The van der Waals surface area contributed by atoms with Crippen molar-refractivity contribution >= 4 is 5.91 Å². The van der Waals surface area contributed by atoms with E-state index >= 15 is 0 Å². The van der Waals surface area contributed by atoms with Gasteiger partial charge in [0, 0.05) is 17.4 Å². The van der Waals surface area contributed by atoms with Gasteiger partial charge in [0.2, 0.25) is 5.67 Å². The average molecular weight is 367 g/mol. The maximum Gasteiger partial charge on any atom is 0.387 e. The van der Waals surface area contributed by atoms with Crippen LogP contribution in [0.3, 0.4) is 0 Å². The molecule has 0 saturated heterocycles. The van der Waals surface area contributed by atoms with Gasteiger partial charge in [0.1, 0.15) is 0 Å². The number of ether oxygens (including phenoxy) is 1. The number of nitrogens with zero attached hydrogens (tertiary/aromatic N) is 2. The number of aromatic nitrogens is 2. The number of hydrogen-bond donors (Lipinski definition) is 2. The number of halogens is 3. The zero-order valence-corrected chi connectivity index (χ0v) is 13.7. The van der Waals surface area contributed by atoms with Crippen LogP contribution in [0.25, 0.3) is 11.4 Å². The summed E-state index contributed by atoms with van der Waals surface area (Å²) in [7, 11) is 0. The summed E-state index contributed by atoms with van der Waals surface area (Å²) in [6, 6.07) is 6.62. The highest BCUT2D eigenvalue weighted by molar-refractivity contribution is 5.90. The molecular formula is C17H16F3N3O3. The van der Waals surface area contributed by atoms with Crippen molar-refractivity contribution in [1.29, 1.82) is 0 Å². The first-order valence-electron chi connectivity index (χ1n) is 7.92. The second-order valence-corrected chi connectivity index (χ2v) is 5.94. The van der Waals surface area contributed by atoms with Gasteiger partial charge in [-0.1, -0.05) is 31.2 Å². The number of rotatable bonds is 6. The molecule has 3 atom stereocenters. The minimum Gasteiger partial charge on any atom is -0.432 e. The number of carbonyl (C=O) groups is 1. The number of alkyl halides is 3. The Balaban J connectivity index is 1.78. The molecule has 0 aliphatic heterocycles. The summed E-state index contributed by atoms with van der Waals surface area (Å²) < 4.78 is 43.2. The second kappa shape index (κ2) is 6.91. The normalized spacial score (nSPS) is 24.4. The highest BCUT2D eigenvalue weighted by Gasteiger charge is 2.70. The van der Waals surface area contributed by atoms with Gasteiger partial charge in [0.15, 0.2) is 11.6 Å². The van der Waals surface area contributed by atoms with Crippen molar-refractivity contribution in [3.05, 3.63) is 42.2 Å². The van der Waals surface area contributed by atoms with E-state index in [0.717, 1.165) is 12.4 Å². The van der Waals surface area contributed by atoms with Gasteiger partial charge in [-0.05, 0) is 12.0 Å². The molecular weight excluding hydrogens is 351 g/mol. The first kappa shape index (κ1) is 18.1. The third kappa shape index (κ3) is 3.10. The Bertz CT molecular complexity index is 786. The highest BCUT2D eigenvalue weighted by Crippen LogP contribution is 2.62. The van der Waals surface area contributed by atoms with Crippen LogP contribution in [-0.2, 0) is 4.79 Å². The Morgan fingerprint density at radius 1 is 1.31 bits per heavy atom. The van der Waals surface area contributed by atoms with Crippen LogP contribution < -0.4 is 10.2 Å². The highest BCUT2D eigenvalue weighted by atomic mass is 19.3. The van der Waals surface area contributed by atoms with E-state index in [-0.39, 0.29) is 5.75 Å². The van der Waals surface area contributed by atoms with E-state index in [4.69, 9.17) is 5.21 Å². The molecule has 2 aromatic rings. The smallest absolute Gasteiger partial charge is 0.387 e. The van der Waals surface area contributed by atoms with Gasteiger partial charge >= 0.3 is 6.61 Å². The predicted molar refractivity (Wildman–Crippen MR) is 84.4 cm³/mol. The molecule has 1 aliphatic carbocycles. The van der Waals surface area contributed by atoms with Gasteiger partial charge in [0.25, 0.3) is 5.91 Å². The van der Waals surface area contributed by atoms with E-state index < -0.39 is 30.0 Å². The number of carbonyl (C=O) groups excluding carboxylic acids is 1. The quantitative estimate of drug-likeness (QED) is 0.606. The molecule has 1 fully saturated rings. The standard InChI is InChI=1S/C17H16F3N3O3/c1-2-12-13(17(12,20)15(24)23-25)9-3-5-10(6-4-9)14-21-7-11(8-22-14)26-16(18)19/h3-8,12-13,16,25H,2H2,1H3,(H,23,24). The first-order chi connectivity index (χ1) is 12.4. The van der Waals surface area contributed by atoms with Crippen LogP contribution in [0.2, 0.25) is 0 Å². The number of hydrogen-bond acceptors (Lipinski definition) is 5. The van der Waals surface area contributed by atoms with E-state index in [1.807, 2.05) is 0 Å². The lowest BCUT2D eigenvalue weighted by atomic mass is 10.0. The lowest BCUT2D eigenvalue weighted by Gasteiger charge is -2.07. The fourth-order valence-corrected chi connectivity index (χ4v) is 3.30. The van der Waals surface area contributed by atoms with E-state index in [0.29, 0.717) is 23.4 Å². The zero-order valence-electron chi connectivity index (χ0n) is 13.7. The van der Waals surface area contributed by atoms with E-state index in [9.17, 15) is 18.0 Å². The van der Waals surface area contributed by atoms with Crippen LogP contribution in [0.5, 0.6) is 5.75 Å². The molecule has 9 heteroatoms. The summed E-state index contributed by atoms with van der Waals surface area (Å²) in [5.74, 6) is -2.06. The summed E-state index contributed by atoms with van der Waals surface area (Å²) in [4.78, 5) is 19.5. The fraction of sp³-hybridized carbons (Fsp3) is 0.353. The minimum absolute atomic E-state index is 0.152. The molecule has 138 valence electrons. The number of amides is 1. The monoisotopic (exact) mass is 367 g/mol. The molecule has 0 spiro atoms. The van der Waals surface area contributed by atoms with Gasteiger partial charge in [0.05, 0.1) is 12.4 Å². The van der Waals surface area contributed by atoms with Crippen molar-refractivity contribution in [1.82, 2.24) is 15.4 Å². The molecule has 3 unspecified atom stereocenters. The van der Waals surface area contributed by atoms with Crippen molar-refractivity contribution in [3.63, 3.8) is 0 Å². The topological polar surface area (TPSA) is 84.3 Å². The maximum absolute atomic E-state index is 14.8. The van der Waals surface area contributed by atoms with Crippen LogP contribution in [-0.4, -0.2) is 33.4 Å². The molecule has 1 aromatic carbocycles. The molecule has 0 bridgehead atoms. The third-order valence-corrected chi connectivity index (χ3v) is 4.56. The van der Waals surface area contributed by atoms with Crippen LogP contribution in [0, 0.1) is 5.92 Å². The van der Waals surface area contributed by atoms with E-state index in [2.05, 4.69) is 14.7 Å². The Morgan fingerprint density at radius 3 is 2.42 bits per heavy atom. The SMILES string of the molecule is CCC1C(c2ccc(-c3ncc(OC(F)F)cn3)cc2)C1(F)C(=O)NO. The molecule has 1 saturated carbocycles. The molecule has 0 radical (unpaired) electrons. The van der Waals surface area contributed by atoms with Crippen LogP contribution in [0.4, 0.5) is 13.2 Å². The third-order valence-electron chi connectivity index (χ3n) is 4.56. The summed E-state index contributed by atoms with van der Waals surface area (Å²) >= 11 is 0. The zero-order chi connectivity index (χ0) is 18.9. The van der Waals surface area contributed by atoms with E-state index in [1.165, 1.54) is 5.48 Å². The predicted octanol–water partition coefficient (Wildman–Crippen LogP) is 3.08. The van der Waals surface area contributed by atoms with Crippen molar-refractivity contribution in [2.45, 2.75) is 31.5 Å².